The fourth-order valence-corrected chi connectivity index (χ4v) is 24.3. The van der Waals surface area contributed by atoms with Crippen LogP contribution in [0.4, 0.5) is 0 Å². The van der Waals surface area contributed by atoms with Crippen molar-refractivity contribution in [1.82, 2.24) is 19.5 Å². The number of aromatic nitrogens is 4. The molecule has 21 aromatic carbocycles. The van der Waals surface area contributed by atoms with Gasteiger partial charge in [-0.25, -0.2) is 4.98 Å². The number of benzene rings is 21. The maximum atomic E-state index is 16.5. The molecule has 0 saturated heterocycles. The molecule has 2 spiro atoms. The average molecular weight is 1680 g/mol. The third-order valence-corrected chi connectivity index (χ3v) is 30.0. The van der Waals surface area contributed by atoms with Gasteiger partial charge in [0.2, 0.25) is 5.95 Å². The van der Waals surface area contributed by atoms with Gasteiger partial charge in [0.1, 0.15) is 0 Å². The molecule has 0 bridgehead atoms. The highest BCUT2D eigenvalue weighted by atomic mass is 16.1. The number of fused-ring (bicyclic) bond motifs is 32. The summed E-state index contributed by atoms with van der Waals surface area (Å²) in [7, 11) is 0. The van der Waals surface area contributed by atoms with E-state index in [1.54, 1.807) is 0 Å². The third kappa shape index (κ3) is 10.4. The molecule has 132 heavy (non-hydrogen) atoms. The van der Waals surface area contributed by atoms with Crippen LogP contribution in [0.15, 0.2) is 437 Å². The van der Waals surface area contributed by atoms with Crippen molar-refractivity contribution in [2.45, 2.75) is 30.1 Å². The van der Waals surface area contributed by atoms with E-state index in [0.29, 0.717) is 28.7 Å². The Morgan fingerprint density at radius 1 is 0.227 bits per heavy atom. The van der Waals surface area contributed by atoms with E-state index in [4.69, 9.17) is 15.0 Å². The Bertz CT molecular complexity index is 8990. The first-order valence-electron chi connectivity index (χ1n) is 45.8. The topological polar surface area (TPSA) is 60.7 Å². The molecule has 5 nitrogen and oxygen atoms in total. The number of nitrogens with zero attached hydrogens (tertiary/aromatic N) is 4. The lowest BCUT2D eigenvalue weighted by atomic mass is 9.69. The lowest BCUT2D eigenvalue weighted by Crippen LogP contribution is -2.26. The normalized spacial score (nSPS) is 14.5. The Kier molecular flexibility index (Phi) is 15.7. The molecule has 5 heteroatoms. The first-order chi connectivity index (χ1) is 65.1. The summed E-state index contributed by atoms with van der Waals surface area (Å²) in [4.78, 5) is 32.8. The predicted octanol–water partition coefficient (Wildman–Crippen LogP) is 31.5. The molecule has 0 aliphatic heterocycles. The van der Waals surface area contributed by atoms with Gasteiger partial charge in [-0.05, 0) is 271 Å². The van der Waals surface area contributed by atoms with E-state index in [-0.39, 0.29) is 11.2 Å². The van der Waals surface area contributed by atoms with Gasteiger partial charge in [0.15, 0.2) is 17.4 Å². The van der Waals surface area contributed by atoms with Crippen LogP contribution in [0.3, 0.4) is 0 Å². The van der Waals surface area contributed by atoms with Gasteiger partial charge in [-0.2, -0.15) is 9.97 Å². The Balaban J connectivity index is 0.539. The molecular formula is C127H78N4O. The molecule has 28 rings (SSSR count). The van der Waals surface area contributed by atoms with Crippen LogP contribution in [0.2, 0.25) is 0 Å². The van der Waals surface area contributed by atoms with E-state index in [9.17, 15) is 0 Å². The van der Waals surface area contributed by atoms with Gasteiger partial charge in [0.25, 0.3) is 0 Å². The lowest BCUT2D eigenvalue weighted by Gasteiger charge is -2.31. The summed E-state index contributed by atoms with van der Waals surface area (Å²) < 4.78 is 2.29. The zero-order chi connectivity index (χ0) is 87.0. The standard InChI is InChI=1S/C127H78N4O/c1-125(2)108-43-18-12-39-97(108)102-63-64-103-100-41-17-23-49-117(100)131(120(103)119(102)125)124-129-122(76-26-4-3-5-27-76)128-123(130-124)77-52-50-75(51-53-77)83-60-65-113-107(70-83)98-40-16-22-47-112(98)126(113)109-44-19-15-38-96(109)99-61-58-87(73-115(99)126)121(132)88-59-62-104-116(74-88)127(110-45-20-13-36-94(110)95-37-14-21-46-111(95)127)114-48-25-42-101(118(104)114)106-72-89(69-84-28-6-9-33-91(84)106)82-57-56-80-66-79(54-55-81(80)67-82)78-30-24-31-85(68-78)105-71-86-29-7-8-32-90(86)92-34-10-11-35-93(92)105/h3-74H,1-2H3. The fourth-order valence-electron chi connectivity index (χ4n) is 24.3. The van der Waals surface area contributed by atoms with E-state index in [0.717, 1.165) is 88.7 Å². The smallest absolute Gasteiger partial charge is 0.238 e. The van der Waals surface area contributed by atoms with E-state index in [1.807, 2.05) is 18.2 Å². The Labute approximate surface area is 763 Å². The van der Waals surface area contributed by atoms with Crippen LogP contribution in [0.25, 0.3) is 205 Å². The number of ketones is 1. The molecule has 23 aromatic rings. The molecule has 1 unspecified atom stereocenters. The Morgan fingerprint density at radius 2 is 0.659 bits per heavy atom. The van der Waals surface area contributed by atoms with Crippen LogP contribution < -0.4 is 0 Å². The van der Waals surface area contributed by atoms with Crippen molar-refractivity contribution < 1.29 is 4.79 Å². The molecule has 0 fully saturated rings. The fraction of sp³-hybridized carbons (Fsp3) is 0.0394. The van der Waals surface area contributed by atoms with Gasteiger partial charge in [-0.3, -0.25) is 9.36 Å². The van der Waals surface area contributed by atoms with Crippen LogP contribution in [0.1, 0.15) is 85.4 Å². The molecule has 0 saturated carbocycles. The molecule has 5 aliphatic rings. The number of para-hydroxylation sites is 1. The van der Waals surface area contributed by atoms with Gasteiger partial charge >= 0.3 is 0 Å². The SMILES string of the molecule is CC1(C)c2ccccc2-c2ccc3c4ccccc4n(-c4nc(-c5ccccc5)nc(-c5ccc(-c6ccc7c(c6)-c6ccccc6C76c7ccccc7-c7ccc(C(=O)c8ccc9c(c8)C8(c%10ccccc%10-c%10ccccc%108)c8cccc(-c%10cc(-c%11ccc%12cc(-c%13cccc(-c%14cc%15ccccc%15c%15ccccc%14%15)c%13)ccc%12c%11)cc%11ccccc%10%11)c8-9)cc76)cc5)n4)c3c21. The Morgan fingerprint density at radius 3 is 1.34 bits per heavy atom. The minimum absolute atomic E-state index is 0.0249. The minimum Gasteiger partial charge on any atom is -0.289 e. The van der Waals surface area contributed by atoms with Crippen LogP contribution in [0, 0.1) is 0 Å². The van der Waals surface area contributed by atoms with Crippen LogP contribution >= 0.6 is 0 Å². The van der Waals surface area contributed by atoms with E-state index < -0.39 is 10.8 Å². The zero-order valence-electron chi connectivity index (χ0n) is 72.3. The summed E-state index contributed by atoms with van der Waals surface area (Å²) in [6, 6.07) is 161. The molecular weight excluding hydrogens is 1600 g/mol. The highest BCUT2D eigenvalue weighted by Crippen LogP contribution is 2.67. The van der Waals surface area contributed by atoms with Crippen molar-refractivity contribution in [1.29, 1.82) is 0 Å². The lowest BCUT2D eigenvalue weighted by molar-refractivity contribution is 0.103. The van der Waals surface area contributed by atoms with Crippen molar-refractivity contribution in [2.75, 3.05) is 0 Å². The average Bonchev–Trinajstić information content (AvgIpc) is 1.51. The van der Waals surface area contributed by atoms with Crippen LogP contribution in [0.5, 0.6) is 0 Å². The molecule has 0 amide bonds. The van der Waals surface area contributed by atoms with E-state index >= 15 is 4.79 Å². The highest BCUT2D eigenvalue weighted by molar-refractivity contribution is 6.17. The maximum absolute atomic E-state index is 16.5. The largest absolute Gasteiger partial charge is 0.289 e. The molecule has 612 valence electrons. The van der Waals surface area contributed by atoms with Crippen LogP contribution in [-0.2, 0) is 16.2 Å². The van der Waals surface area contributed by atoms with Crippen molar-refractivity contribution in [3.8, 4) is 140 Å². The van der Waals surface area contributed by atoms with Crippen molar-refractivity contribution in [3.05, 3.63) is 504 Å². The first kappa shape index (κ1) is 74.2. The Hall–Kier alpha value is -16.9. The summed E-state index contributed by atoms with van der Waals surface area (Å²) in [6.45, 7) is 4.70. The summed E-state index contributed by atoms with van der Waals surface area (Å²) >= 11 is 0. The molecule has 0 radical (unpaired) electrons. The maximum Gasteiger partial charge on any atom is 0.238 e. The number of rotatable bonds is 10. The highest BCUT2D eigenvalue weighted by Gasteiger charge is 2.55. The number of hydrogen-bond donors (Lipinski definition) is 0. The monoisotopic (exact) mass is 1670 g/mol. The first-order valence-corrected chi connectivity index (χ1v) is 45.8. The number of carbonyl (C=O) groups is 1. The number of hydrogen-bond acceptors (Lipinski definition) is 4. The summed E-state index contributed by atoms with van der Waals surface area (Å²) in [5.41, 5.74) is 38.9. The molecule has 2 aromatic heterocycles. The van der Waals surface area contributed by atoms with Gasteiger partial charge < -0.3 is 0 Å². The van der Waals surface area contributed by atoms with Crippen molar-refractivity contribution in [2.24, 2.45) is 0 Å². The van der Waals surface area contributed by atoms with Gasteiger partial charge in [-0.15, -0.1) is 0 Å². The van der Waals surface area contributed by atoms with E-state index in [2.05, 4.69) is 437 Å². The van der Waals surface area contributed by atoms with Crippen molar-refractivity contribution in [3.63, 3.8) is 0 Å². The quantitative estimate of drug-likeness (QED) is 0.101. The summed E-state index contributed by atoms with van der Waals surface area (Å²) in [6.07, 6.45) is 0. The molecule has 0 N–H and O–H groups in total. The zero-order valence-corrected chi connectivity index (χ0v) is 72.3. The molecule has 2 heterocycles. The van der Waals surface area contributed by atoms with Gasteiger partial charge in [-0.1, -0.05) is 390 Å². The summed E-state index contributed by atoms with van der Waals surface area (Å²) in [5.74, 6) is 1.73. The second kappa shape index (κ2) is 27.8. The minimum atomic E-state index is -0.754. The second-order valence-electron chi connectivity index (χ2n) is 36.9. The van der Waals surface area contributed by atoms with Crippen molar-refractivity contribution >= 4 is 70.7 Å². The second-order valence-corrected chi connectivity index (χ2v) is 36.9. The third-order valence-electron chi connectivity index (χ3n) is 30.0. The van der Waals surface area contributed by atoms with E-state index in [1.165, 1.54) is 154 Å². The number of carbonyl (C=O) groups excluding carboxylic acids is 1. The van der Waals surface area contributed by atoms with Crippen LogP contribution in [-0.4, -0.2) is 25.3 Å². The van der Waals surface area contributed by atoms with Gasteiger partial charge in [0, 0.05) is 38.4 Å². The summed E-state index contributed by atoms with van der Waals surface area (Å²) in [5, 5.41) is 12.1. The molecule has 1 atom stereocenters. The molecule has 5 aliphatic carbocycles. The van der Waals surface area contributed by atoms with Gasteiger partial charge in [0.05, 0.1) is 21.9 Å². The predicted molar refractivity (Wildman–Crippen MR) is 542 cm³/mol.